The maximum atomic E-state index is 12.7. The summed E-state index contributed by atoms with van der Waals surface area (Å²) in [5.41, 5.74) is -0.804. The van der Waals surface area contributed by atoms with Crippen LogP contribution in [0.2, 0.25) is 5.02 Å². The van der Waals surface area contributed by atoms with Crippen molar-refractivity contribution < 1.29 is 23.1 Å². The van der Waals surface area contributed by atoms with Crippen LogP contribution in [-0.4, -0.2) is 11.1 Å². The van der Waals surface area contributed by atoms with Crippen molar-refractivity contribution in [2.45, 2.75) is 6.18 Å². The van der Waals surface area contributed by atoms with E-state index in [1.54, 1.807) is 0 Å². The fraction of sp³-hybridized carbons (Fsp3) is 0.0714. The largest absolute Gasteiger partial charge is 0.508 e. The number of alkyl halides is 3. The van der Waals surface area contributed by atoms with Crippen molar-refractivity contribution in [3.8, 4) is 5.75 Å². The smallest absolute Gasteiger partial charge is 0.417 e. The zero-order valence-corrected chi connectivity index (χ0v) is 11.7. The van der Waals surface area contributed by atoms with Crippen LogP contribution in [0.5, 0.6) is 5.75 Å². The third-order valence-corrected chi connectivity index (χ3v) is 2.96. The molecule has 3 N–H and O–H groups in total. The van der Waals surface area contributed by atoms with E-state index in [0.717, 1.165) is 12.1 Å². The van der Waals surface area contributed by atoms with Gasteiger partial charge in [-0.1, -0.05) is 17.7 Å². The maximum Gasteiger partial charge on any atom is 0.417 e. The lowest BCUT2D eigenvalue weighted by Crippen LogP contribution is -2.19. The first-order valence-electron chi connectivity index (χ1n) is 5.99. The van der Waals surface area contributed by atoms with E-state index in [9.17, 15) is 23.1 Å². The highest BCUT2D eigenvalue weighted by molar-refractivity contribution is 6.31. The topological polar surface area (TPSA) is 61.4 Å². The van der Waals surface area contributed by atoms with Gasteiger partial charge in [-0.15, -0.1) is 0 Å². The first kappa shape index (κ1) is 16.0. The number of carbonyl (C=O) groups is 1. The minimum absolute atomic E-state index is 0.0522. The van der Waals surface area contributed by atoms with Gasteiger partial charge in [0.15, 0.2) is 0 Å². The van der Waals surface area contributed by atoms with Crippen LogP contribution < -0.4 is 10.6 Å². The molecule has 0 bridgehead atoms. The van der Waals surface area contributed by atoms with Crippen molar-refractivity contribution in [3.63, 3.8) is 0 Å². The SMILES string of the molecule is O=C(Nc1cccc(O)c1)Nc1ccc(Cl)c(C(F)(F)F)c1. The molecule has 0 aliphatic carbocycles. The second-order valence-electron chi connectivity index (χ2n) is 4.32. The highest BCUT2D eigenvalue weighted by atomic mass is 35.5. The van der Waals surface area contributed by atoms with Crippen LogP contribution in [-0.2, 0) is 6.18 Å². The minimum Gasteiger partial charge on any atom is -0.508 e. The Bertz CT molecular complexity index is 705. The maximum absolute atomic E-state index is 12.7. The van der Waals surface area contributed by atoms with Gasteiger partial charge in [-0.2, -0.15) is 13.2 Å². The molecule has 0 aromatic heterocycles. The molecule has 22 heavy (non-hydrogen) atoms. The number of hydrogen-bond donors (Lipinski definition) is 3. The van der Waals surface area contributed by atoms with Gasteiger partial charge < -0.3 is 15.7 Å². The highest BCUT2D eigenvalue weighted by Crippen LogP contribution is 2.36. The fourth-order valence-electron chi connectivity index (χ4n) is 1.70. The molecular weight excluding hydrogens is 321 g/mol. The number of carbonyl (C=O) groups excluding carboxylic acids is 1. The second-order valence-corrected chi connectivity index (χ2v) is 4.73. The number of anilines is 2. The Labute approximate surface area is 128 Å². The van der Waals surface area contributed by atoms with E-state index < -0.39 is 22.8 Å². The van der Waals surface area contributed by atoms with Crippen molar-refractivity contribution in [1.82, 2.24) is 0 Å². The molecule has 2 aromatic rings. The number of urea groups is 1. The predicted octanol–water partition coefficient (Wildman–Crippen LogP) is 4.71. The molecule has 0 saturated carbocycles. The zero-order chi connectivity index (χ0) is 16.3. The van der Waals surface area contributed by atoms with Gasteiger partial charge in [-0.3, -0.25) is 0 Å². The minimum atomic E-state index is -4.61. The quantitative estimate of drug-likeness (QED) is 0.747. The molecular formula is C14H10ClF3N2O2. The molecule has 2 aromatic carbocycles. The molecule has 0 heterocycles. The van der Waals surface area contributed by atoms with Crippen LogP contribution in [0.4, 0.5) is 29.3 Å². The van der Waals surface area contributed by atoms with Crippen LogP contribution in [0.1, 0.15) is 5.56 Å². The molecule has 4 nitrogen and oxygen atoms in total. The Balaban J connectivity index is 2.12. The predicted molar refractivity (Wildman–Crippen MR) is 77.2 cm³/mol. The van der Waals surface area contributed by atoms with E-state index in [2.05, 4.69) is 10.6 Å². The summed E-state index contributed by atoms with van der Waals surface area (Å²) in [7, 11) is 0. The molecule has 8 heteroatoms. The molecule has 116 valence electrons. The molecule has 0 spiro atoms. The summed E-state index contributed by atoms with van der Waals surface area (Å²) < 4.78 is 38.2. The molecule has 0 unspecified atom stereocenters. The summed E-state index contributed by atoms with van der Waals surface area (Å²) >= 11 is 5.49. The number of halogens is 4. The normalized spacial score (nSPS) is 11.1. The Hall–Kier alpha value is -2.41. The van der Waals surface area contributed by atoms with E-state index >= 15 is 0 Å². The van der Waals surface area contributed by atoms with Gasteiger partial charge in [0.25, 0.3) is 0 Å². The fourth-order valence-corrected chi connectivity index (χ4v) is 1.92. The first-order valence-corrected chi connectivity index (χ1v) is 6.37. The van der Waals surface area contributed by atoms with Crippen LogP contribution in [0.15, 0.2) is 42.5 Å². The summed E-state index contributed by atoms with van der Waals surface area (Å²) in [6.07, 6.45) is -4.61. The van der Waals surface area contributed by atoms with Crippen LogP contribution in [0.3, 0.4) is 0 Å². The average Bonchev–Trinajstić information content (AvgIpc) is 2.39. The molecule has 2 amide bonds. The van der Waals surface area contributed by atoms with Gasteiger partial charge in [-0.25, -0.2) is 4.79 Å². The van der Waals surface area contributed by atoms with Crippen LogP contribution in [0, 0.1) is 0 Å². The molecule has 2 rings (SSSR count). The van der Waals surface area contributed by atoms with E-state index in [1.807, 2.05) is 0 Å². The average molecular weight is 331 g/mol. The van der Waals surface area contributed by atoms with Crippen molar-refractivity contribution >= 4 is 29.0 Å². The molecule has 0 saturated heterocycles. The lowest BCUT2D eigenvalue weighted by Gasteiger charge is -2.12. The van der Waals surface area contributed by atoms with Gasteiger partial charge in [0.2, 0.25) is 0 Å². The van der Waals surface area contributed by atoms with Crippen LogP contribution >= 0.6 is 11.6 Å². The number of amides is 2. The second kappa shape index (κ2) is 6.15. The van der Waals surface area contributed by atoms with Gasteiger partial charge in [0.05, 0.1) is 10.6 Å². The van der Waals surface area contributed by atoms with Crippen molar-refractivity contribution in [2.75, 3.05) is 10.6 Å². The van der Waals surface area contributed by atoms with Gasteiger partial charge in [-0.05, 0) is 30.3 Å². The van der Waals surface area contributed by atoms with Gasteiger partial charge in [0, 0.05) is 17.4 Å². The third kappa shape index (κ3) is 4.05. The van der Waals surface area contributed by atoms with E-state index in [4.69, 9.17) is 11.6 Å². The molecule has 0 aliphatic heterocycles. The summed E-state index contributed by atoms with van der Waals surface area (Å²) in [4.78, 5) is 11.7. The lowest BCUT2D eigenvalue weighted by atomic mass is 10.2. The van der Waals surface area contributed by atoms with E-state index in [0.29, 0.717) is 5.69 Å². The van der Waals surface area contributed by atoms with E-state index in [-0.39, 0.29) is 11.4 Å². The standard InChI is InChI=1S/C14H10ClF3N2O2/c15-12-5-4-9(7-11(12)14(16,17)18)20-13(22)19-8-2-1-3-10(21)6-8/h1-7,21H,(H2,19,20,22). The lowest BCUT2D eigenvalue weighted by molar-refractivity contribution is -0.137. The Kier molecular flexibility index (Phi) is 4.46. The number of benzene rings is 2. The summed E-state index contributed by atoms with van der Waals surface area (Å²) in [6.45, 7) is 0. The summed E-state index contributed by atoms with van der Waals surface area (Å²) in [6, 6.07) is 8.02. The number of phenols is 1. The molecule has 0 atom stereocenters. The highest BCUT2D eigenvalue weighted by Gasteiger charge is 2.33. The number of hydrogen-bond acceptors (Lipinski definition) is 2. The number of rotatable bonds is 2. The van der Waals surface area contributed by atoms with Crippen molar-refractivity contribution in [3.05, 3.63) is 53.1 Å². The van der Waals surface area contributed by atoms with Crippen LogP contribution in [0.25, 0.3) is 0 Å². The molecule has 0 radical (unpaired) electrons. The summed E-state index contributed by atoms with van der Waals surface area (Å²) in [5.74, 6) is -0.0522. The summed E-state index contributed by atoms with van der Waals surface area (Å²) in [5, 5.41) is 13.4. The van der Waals surface area contributed by atoms with Crippen molar-refractivity contribution in [1.29, 1.82) is 0 Å². The Morgan fingerprint density at radius 2 is 1.68 bits per heavy atom. The van der Waals surface area contributed by atoms with Crippen molar-refractivity contribution in [2.24, 2.45) is 0 Å². The number of phenolic OH excluding ortho intramolecular Hbond substituents is 1. The molecule has 0 aliphatic rings. The Morgan fingerprint density at radius 1 is 1.05 bits per heavy atom. The van der Waals surface area contributed by atoms with Gasteiger partial charge >= 0.3 is 12.2 Å². The molecule has 0 fully saturated rings. The number of aromatic hydroxyl groups is 1. The van der Waals surface area contributed by atoms with Gasteiger partial charge in [0.1, 0.15) is 5.75 Å². The Morgan fingerprint density at radius 3 is 2.27 bits per heavy atom. The van der Waals surface area contributed by atoms with E-state index in [1.165, 1.54) is 30.3 Å². The zero-order valence-electron chi connectivity index (χ0n) is 10.9. The third-order valence-electron chi connectivity index (χ3n) is 2.63. The number of nitrogens with one attached hydrogen (secondary N) is 2. The monoisotopic (exact) mass is 330 g/mol. The first-order chi connectivity index (χ1) is 10.3.